The van der Waals surface area contributed by atoms with Gasteiger partial charge in [-0.2, -0.15) is 0 Å². The number of aliphatic hydroxyl groups is 2. The van der Waals surface area contributed by atoms with Crippen LogP contribution in [0.15, 0.2) is 65.1 Å². The second-order valence-electron chi connectivity index (χ2n) is 9.22. The number of halogens is 1. The summed E-state index contributed by atoms with van der Waals surface area (Å²) in [7, 11) is 0. The molecule has 4 rings (SSSR count). The van der Waals surface area contributed by atoms with E-state index in [9.17, 15) is 15.0 Å². The number of allylic oxidation sites excluding steroid dienone is 3. The monoisotopic (exact) mass is 539 g/mol. The second-order valence-corrected chi connectivity index (χ2v) is 9.63. The van der Waals surface area contributed by atoms with E-state index in [0.29, 0.717) is 16.7 Å². The van der Waals surface area contributed by atoms with Crippen LogP contribution in [0.25, 0.3) is 5.57 Å². The fourth-order valence-electron chi connectivity index (χ4n) is 4.55. The van der Waals surface area contributed by atoms with E-state index in [2.05, 4.69) is 47.6 Å². The van der Waals surface area contributed by atoms with Crippen molar-refractivity contribution in [1.29, 1.82) is 0 Å². The molecular weight excluding hydrogens is 510 g/mol. The zero-order valence-electron chi connectivity index (χ0n) is 21.1. The standard InChI is InChI=1S/C28H30ClN3O6/c1-17-6-3-4-7-20(17)21-8-5-11-28(18(21)2,27-32-31-25(15-34)38-27)16-37-24-10-9-19(12-22(24)29)13-30-23(14-33)26(35)36/h3-12,18,23,30,33-34H,13-16H2,1-2H3,(H,35,36). The van der Waals surface area contributed by atoms with E-state index in [1.165, 1.54) is 0 Å². The molecule has 9 nitrogen and oxygen atoms in total. The molecule has 3 unspecified atom stereocenters. The quantitative estimate of drug-likeness (QED) is 0.287. The summed E-state index contributed by atoms with van der Waals surface area (Å²) in [6.45, 7) is 3.57. The van der Waals surface area contributed by atoms with Crippen LogP contribution in [0.2, 0.25) is 5.02 Å². The van der Waals surface area contributed by atoms with Gasteiger partial charge in [0.15, 0.2) is 0 Å². The van der Waals surface area contributed by atoms with Gasteiger partial charge < -0.3 is 24.5 Å². The van der Waals surface area contributed by atoms with Crippen molar-refractivity contribution in [2.75, 3.05) is 13.2 Å². The SMILES string of the molecule is Cc1ccccc1C1=CC=CC(COc2ccc(CNC(CO)C(=O)O)cc2Cl)(c2nnc(CO)o2)C1C. The van der Waals surface area contributed by atoms with Crippen molar-refractivity contribution in [3.8, 4) is 5.75 Å². The molecule has 0 radical (unpaired) electrons. The Kier molecular flexibility index (Phi) is 8.63. The molecule has 1 heterocycles. The van der Waals surface area contributed by atoms with Crippen LogP contribution in [-0.2, 0) is 23.4 Å². The molecule has 0 spiro atoms. The van der Waals surface area contributed by atoms with Crippen LogP contribution in [0.1, 0.15) is 35.4 Å². The number of carboxylic acids is 1. The van der Waals surface area contributed by atoms with E-state index in [1.807, 2.05) is 24.3 Å². The maximum atomic E-state index is 11.1. The fourth-order valence-corrected chi connectivity index (χ4v) is 4.80. The Hall–Kier alpha value is -3.50. The number of nitrogens with one attached hydrogen (secondary N) is 1. The Labute approximate surface area is 225 Å². The number of aliphatic carboxylic acids is 1. The van der Waals surface area contributed by atoms with Crippen molar-refractivity contribution < 1.29 is 29.3 Å². The van der Waals surface area contributed by atoms with Gasteiger partial charge >= 0.3 is 5.97 Å². The number of carbonyl (C=O) groups is 1. The topological polar surface area (TPSA) is 138 Å². The van der Waals surface area contributed by atoms with Gasteiger partial charge in [0.1, 0.15) is 30.4 Å². The van der Waals surface area contributed by atoms with Gasteiger partial charge in [0.2, 0.25) is 11.8 Å². The first-order valence-electron chi connectivity index (χ1n) is 12.2. The normalized spacial score (nSPS) is 19.7. The molecule has 2 aromatic carbocycles. The second kappa shape index (κ2) is 11.9. The summed E-state index contributed by atoms with van der Waals surface area (Å²) < 4.78 is 12.1. The molecule has 0 bridgehead atoms. The number of aryl methyl sites for hydroxylation is 1. The van der Waals surface area contributed by atoms with Crippen LogP contribution in [-0.4, -0.2) is 50.7 Å². The highest BCUT2D eigenvalue weighted by atomic mass is 35.5. The highest BCUT2D eigenvalue weighted by molar-refractivity contribution is 6.32. The number of hydrogen-bond donors (Lipinski definition) is 4. The number of nitrogens with zero attached hydrogens (tertiary/aromatic N) is 2. The first-order valence-corrected chi connectivity index (χ1v) is 12.5. The number of rotatable bonds is 11. The lowest BCUT2D eigenvalue weighted by Gasteiger charge is -2.37. The molecule has 0 amide bonds. The molecule has 0 saturated carbocycles. The minimum atomic E-state index is -1.14. The lowest BCUT2D eigenvalue weighted by Crippen LogP contribution is -2.40. The Balaban J connectivity index is 1.60. The molecule has 3 aromatic rings. The third-order valence-corrected chi connectivity index (χ3v) is 7.16. The van der Waals surface area contributed by atoms with Crippen molar-refractivity contribution >= 4 is 23.1 Å². The summed E-state index contributed by atoms with van der Waals surface area (Å²) in [4.78, 5) is 11.1. The van der Waals surface area contributed by atoms with Crippen LogP contribution >= 0.6 is 11.6 Å². The molecule has 0 aliphatic heterocycles. The number of ether oxygens (including phenoxy) is 1. The maximum absolute atomic E-state index is 11.1. The van der Waals surface area contributed by atoms with E-state index < -0.39 is 24.0 Å². The number of carboxylic acid groups (broad SMARTS) is 1. The highest BCUT2D eigenvalue weighted by Crippen LogP contribution is 2.45. The maximum Gasteiger partial charge on any atom is 0.323 e. The van der Waals surface area contributed by atoms with E-state index in [1.54, 1.807) is 18.2 Å². The van der Waals surface area contributed by atoms with Gasteiger partial charge in [-0.3, -0.25) is 10.1 Å². The van der Waals surface area contributed by atoms with Crippen LogP contribution in [0.4, 0.5) is 0 Å². The smallest absolute Gasteiger partial charge is 0.323 e. The van der Waals surface area contributed by atoms with Gasteiger partial charge in [-0.15, -0.1) is 10.2 Å². The van der Waals surface area contributed by atoms with Gasteiger partial charge in [-0.05, 0) is 41.3 Å². The Morgan fingerprint density at radius 3 is 2.68 bits per heavy atom. The van der Waals surface area contributed by atoms with Crippen LogP contribution < -0.4 is 10.1 Å². The summed E-state index contributed by atoms with van der Waals surface area (Å²) in [5, 5.41) is 39.2. The summed E-state index contributed by atoms with van der Waals surface area (Å²) in [6.07, 6.45) is 5.99. The van der Waals surface area contributed by atoms with Gasteiger partial charge in [-0.25, -0.2) is 0 Å². The Morgan fingerprint density at radius 2 is 2.03 bits per heavy atom. The van der Waals surface area contributed by atoms with Crippen LogP contribution in [0.5, 0.6) is 5.75 Å². The summed E-state index contributed by atoms with van der Waals surface area (Å²) in [5.41, 5.74) is 3.22. The third-order valence-electron chi connectivity index (χ3n) is 6.86. The van der Waals surface area contributed by atoms with Gasteiger partial charge in [0.05, 0.1) is 11.6 Å². The number of aromatic nitrogens is 2. The average molecular weight is 540 g/mol. The minimum Gasteiger partial charge on any atom is -0.491 e. The first kappa shape index (κ1) is 27.5. The number of aliphatic hydroxyl groups excluding tert-OH is 2. The summed E-state index contributed by atoms with van der Waals surface area (Å²) in [6, 6.07) is 12.2. The lowest BCUT2D eigenvalue weighted by molar-refractivity contribution is -0.140. The van der Waals surface area contributed by atoms with E-state index >= 15 is 0 Å². The molecule has 1 aliphatic rings. The van der Waals surface area contributed by atoms with Crippen molar-refractivity contribution in [1.82, 2.24) is 15.5 Å². The zero-order chi connectivity index (χ0) is 27.3. The van der Waals surface area contributed by atoms with E-state index in [4.69, 9.17) is 25.9 Å². The predicted molar refractivity (Wildman–Crippen MR) is 142 cm³/mol. The zero-order valence-corrected chi connectivity index (χ0v) is 21.9. The fraction of sp³-hybridized carbons (Fsp3) is 0.321. The molecule has 3 atom stereocenters. The molecule has 0 saturated heterocycles. The average Bonchev–Trinajstić information content (AvgIpc) is 3.40. The largest absolute Gasteiger partial charge is 0.491 e. The lowest BCUT2D eigenvalue weighted by atomic mass is 9.68. The van der Waals surface area contributed by atoms with Crippen molar-refractivity contribution in [2.24, 2.45) is 5.92 Å². The molecule has 38 heavy (non-hydrogen) atoms. The molecular formula is C28H30ClN3O6. The van der Waals surface area contributed by atoms with Crippen LogP contribution in [0, 0.1) is 12.8 Å². The van der Waals surface area contributed by atoms with Crippen molar-refractivity contribution in [3.63, 3.8) is 0 Å². The van der Waals surface area contributed by atoms with Crippen molar-refractivity contribution in [3.05, 3.63) is 94.2 Å². The van der Waals surface area contributed by atoms with Gasteiger partial charge in [-0.1, -0.05) is 67.1 Å². The molecule has 1 aromatic heterocycles. The first-order chi connectivity index (χ1) is 18.3. The van der Waals surface area contributed by atoms with E-state index in [-0.39, 0.29) is 31.6 Å². The number of hydrogen-bond acceptors (Lipinski definition) is 8. The summed E-state index contributed by atoms with van der Waals surface area (Å²) >= 11 is 6.53. The van der Waals surface area contributed by atoms with Gasteiger partial charge in [0, 0.05) is 12.5 Å². The highest BCUT2D eigenvalue weighted by Gasteiger charge is 2.45. The van der Waals surface area contributed by atoms with E-state index in [0.717, 1.165) is 22.3 Å². The Morgan fingerprint density at radius 1 is 1.24 bits per heavy atom. The number of benzene rings is 2. The molecule has 0 fully saturated rings. The minimum absolute atomic E-state index is 0.115. The molecule has 1 aliphatic carbocycles. The predicted octanol–water partition coefficient (Wildman–Crippen LogP) is 3.67. The van der Waals surface area contributed by atoms with Gasteiger partial charge in [0.25, 0.3) is 0 Å². The third kappa shape index (κ3) is 5.66. The van der Waals surface area contributed by atoms with Crippen LogP contribution in [0.3, 0.4) is 0 Å². The summed E-state index contributed by atoms with van der Waals surface area (Å²) in [5.74, 6) is -0.395. The Bertz CT molecular complexity index is 1350. The molecule has 4 N–H and O–H groups in total. The molecule has 10 heteroatoms. The van der Waals surface area contributed by atoms with Crippen molar-refractivity contribution in [2.45, 2.75) is 38.5 Å². The molecule has 200 valence electrons.